The highest BCUT2D eigenvalue weighted by molar-refractivity contribution is 8.00. The van der Waals surface area contributed by atoms with Crippen LogP contribution in [0.5, 0.6) is 0 Å². The Hall–Kier alpha value is -2.31. The molecule has 0 saturated heterocycles. The van der Waals surface area contributed by atoms with Gasteiger partial charge in [-0.2, -0.15) is 0 Å². The topological polar surface area (TPSA) is 53.9 Å². The maximum absolute atomic E-state index is 12.5. The maximum atomic E-state index is 12.5. The first-order chi connectivity index (χ1) is 13.0. The van der Waals surface area contributed by atoms with E-state index in [1.807, 2.05) is 48.5 Å². The van der Waals surface area contributed by atoms with E-state index in [4.69, 9.17) is 0 Å². The molecular weight excluding hydrogens is 358 g/mol. The third-order valence-corrected chi connectivity index (χ3v) is 5.53. The minimum atomic E-state index is -0.0887. The van der Waals surface area contributed by atoms with Gasteiger partial charge in [-0.1, -0.05) is 30.3 Å². The number of hydrogen-bond donors (Lipinski definition) is 2. The predicted octanol–water partition coefficient (Wildman–Crippen LogP) is 1.59. The molecule has 0 atom stereocenters. The zero-order valence-electron chi connectivity index (χ0n) is 15.8. The summed E-state index contributed by atoms with van der Waals surface area (Å²) in [7, 11) is 4.20. The van der Waals surface area contributed by atoms with Crippen molar-refractivity contribution in [2.24, 2.45) is 0 Å². The Labute approximate surface area is 164 Å². The van der Waals surface area contributed by atoms with Crippen molar-refractivity contribution in [2.45, 2.75) is 17.9 Å². The molecule has 2 N–H and O–H groups in total. The number of hydrogen-bond acceptors (Lipinski definition) is 3. The van der Waals surface area contributed by atoms with E-state index in [0.717, 1.165) is 29.1 Å². The molecule has 6 heteroatoms. The van der Waals surface area contributed by atoms with Gasteiger partial charge in [0.05, 0.1) is 38.6 Å². The van der Waals surface area contributed by atoms with E-state index in [9.17, 15) is 9.59 Å². The zero-order chi connectivity index (χ0) is 19.2. The van der Waals surface area contributed by atoms with Gasteiger partial charge in [-0.25, -0.2) is 0 Å². The second kappa shape index (κ2) is 9.06. The van der Waals surface area contributed by atoms with Crippen LogP contribution in [-0.2, 0) is 11.3 Å². The molecule has 0 aliphatic carbocycles. The molecule has 1 aliphatic heterocycles. The summed E-state index contributed by atoms with van der Waals surface area (Å²) in [5.41, 5.74) is 2.49. The maximum Gasteiger partial charge on any atom is 0.251 e. The van der Waals surface area contributed by atoms with Crippen LogP contribution in [0.4, 0.5) is 5.69 Å². The summed E-state index contributed by atoms with van der Waals surface area (Å²) < 4.78 is 0. The predicted molar refractivity (Wildman–Crippen MR) is 109 cm³/mol. The first-order valence-corrected chi connectivity index (χ1v) is 10.2. The summed E-state index contributed by atoms with van der Waals surface area (Å²) in [5.74, 6) is 0.412. The average Bonchev–Trinajstić information content (AvgIpc) is 2.67. The van der Waals surface area contributed by atoms with E-state index >= 15 is 0 Å². The highest BCUT2D eigenvalue weighted by Gasteiger charge is 2.25. The van der Waals surface area contributed by atoms with Gasteiger partial charge in [0.2, 0.25) is 5.91 Å². The van der Waals surface area contributed by atoms with Crippen molar-refractivity contribution in [3.8, 4) is 0 Å². The molecule has 0 aromatic heterocycles. The SMILES string of the molecule is C[NH+](C)CCCNC(=O)c1ccc2c(c1)N(Cc1ccccc1)C(=O)CS2. The highest BCUT2D eigenvalue weighted by Crippen LogP contribution is 2.36. The second-order valence-electron chi connectivity index (χ2n) is 7.00. The Morgan fingerprint density at radius 3 is 2.70 bits per heavy atom. The lowest BCUT2D eigenvalue weighted by Crippen LogP contribution is -3.05. The molecule has 3 rings (SSSR count). The first kappa shape index (κ1) is 19.5. The molecule has 27 heavy (non-hydrogen) atoms. The van der Waals surface area contributed by atoms with Crippen LogP contribution in [0.1, 0.15) is 22.3 Å². The van der Waals surface area contributed by atoms with Gasteiger partial charge in [0, 0.05) is 23.4 Å². The van der Waals surface area contributed by atoms with Gasteiger partial charge >= 0.3 is 0 Å². The minimum absolute atomic E-state index is 0.0721. The van der Waals surface area contributed by atoms with Crippen molar-refractivity contribution >= 4 is 29.3 Å². The summed E-state index contributed by atoms with van der Waals surface area (Å²) >= 11 is 1.53. The molecule has 2 aromatic rings. The van der Waals surface area contributed by atoms with Gasteiger partial charge in [-0.3, -0.25) is 9.59 Å². The third-order valence-electron chi connectivity index (χ3n) is 4.49. The number of thioether (sulfide) groups is 1. The molecule has 0 radical (unpaired) electrons. The summed E-state index contributed by atoms with van der Waals surface area (Å²) in [6.45, 7) is 2.19. The quantitative estimate of drug-likeness (QED) is 0.713. The van der Waals surface area contributed by atoms with Gasteiger partial charge in [0.15, 0.2) is 0 Å². The molecule has 0 saturated carbocycles. The zero-order valence-corrected chi connectivity index (χ0v) is 16.6. The van der Waals surface area contributed by atoms with Crippen molar-refractivity contribution < 1.29 is 14.5 Å². The molecule has 142 valence electrons. The number of carbonyl (C=O) groups excluding carboxylic acids is 2. The van der Waals surface area contributed by atoms with Crippen molar-refractivity contribution in [1.82, 2.24) is 5.32 Å². The van der Waals surface area contributed by atoms with E-state index in [-0.39, 0.29) is 11.8 Å². The number of benzene rings is 2. The van der Waals surface area contributed by atoms with E-state index in [0.29, 0.717) is 24.4 Å². The van der Waals surface area contributed by atoms with Crippen LogP contribution in [0.15, 0.2) is 53.4 Å². The van der Waals surface area contributed by atoms with E-state index in [2.05, 4.69) is 19.4 Å². The molecular formula is C21H26N3O2S+. The van der Waals surface area contributed by atoms with Gasteiger partial charge in [0.1, 0.15) is 0 Å². The monoisotopic (exact) mass is 384 g/mol. The summed E-state index contributed by atoms with van der Waals surface area (Å²) in [6.07, 6.45) is 0.938. The lowest BCUT2D eigenvalue weighted by Gasteiger charge is -2.29. The minimum Gasteiger partial charge on any atom is -0.352 e. The Balaban J connectivity index is 1.75. The fourth-order valence-corrected chi connectivity index (χ4v) is 3.94. The van der Waals surface area contributed by atoms with Gasteiger partial charge in [0.25, 0.3) is 5.91 Å². The number of anilines is 1. The van der Waals surface area contributed by atoms with Crippen LogP contribution in [-0.4, -0.2) is 44.8 Å². The Morgan fingerprint density at radius 2 is 1.96 bits per heavy atom. The fraction of sp³-hybridized carbons (Fsp3) is 0.333. The number of carbonyl (C=O) groups is 2. The number of quaternary nitrogens is 1. The summed E-state index contributed by atoms with van der Waals surface area (Å²) in [6, 6.07) is 15.6. The normalized spacial score (nSPS) is 13.6. The lowest BCUT2D eigenvalue weighted by molar-refractivity contribution is -0.858. The molecule has 2 amide bonds. The fourth-order valence-electron chi connectivity index (χ4n) is 3.03. The van der Waals surface area contributed by atoms with Crippen LogP contribution in [0.3, 0.4) is 0 Å². The van der Waals surface area contributed by atoms with Crippen LogP contribution < -0.4 is 15.1 Å². The Bertz CT molecular complexity index is 808. The smallest absolute Gasteiger partial charge is 0.251 e. The number of nitrogens with one attached hydrogen (secondary N) is 2. The van der Waals surface area contributed by atoms with Crippen molar-refractivity contribution in [3.63, 3.8) is 0 Å². The van der Waals surface area contributed by atoms with E-state index in [1.165, 1.54) is 16.7 Å². The average molecular weight is 385 g/mol. The van der Waals surface area contributed by atoms with Crippen LogP contribution in [0.25, 0.3) is 0 Å². The first-order valence-electron chi connectivity index (χ1n) is 9.23. The Morgan fingerprint density at radius 1 is 1.19 bits per heavy atom. The molecule has 0 unspecified atom stereocenters. The molecule has 5 nitrogen and oxygen atoms in total. The van der Waals surface area contributed by atoms with Crippen molar-refractivity contribution in [2.75, 3.05) is 37.8 Å². The Kier molecular flexibility index (Phi) is 6.53. The summed E-state index contributed by atoms with van der Waals surface area (Å²) in [5, 5.41) is 2.97. The van der Waals surface area contributed by atoms with Gasteiger partial charge < -0.3 is 15.1 Å². The van der Waals surface area contributed by atoms with Crippen molar-refractivity contribution in [3.05, 3.63) is 59.7 Å². The molecule has 1 aliphatic rings. The second-order valence-corrected chi connectivity index (χ2v) is 8.02. The van der Waals surface area contributed by atoms with Crippen LogP contribution >= 0.6 is 11.8 Å². The molecule has 0 fully saturated rings. The number of nitrogens with zero attached hydrogens (tertiary/aromatic N) is 1. The third kappa shape index (κ3) is 5.11. The van der Waals surface area contributed by atoms with E-state index < -0.39 is 0 Å². The van der Waals surface area contributed by atoms with E-state index in [1.54, 1.807) is 4.90 Å². The van der Waals surface area contributed by atoms with Crippen molar-refractivity contribution in [1.29, 1.82) is 0 Å². The van der Waals surface area contributed by atoms with Gasteiger partial charge in [-0.15, -0.1) is 11.8 Å². The number of amides is 2. The highest BCUT2D eigenvalue weighted by atomic mass is 32.2. The van der Waals surface area contributed by atoms with Crippen LogP contribution in [0.2, 0.25) is 0 Å². The largest absolute Gasteiger partial charge is 0.352 e. The standard InChI is InChI=1S/C21H25N3O2S/c1-23(2)12-6-11-22-21(26)17-9-10-19-18(13-17)24(20(25)15-27-19)14-16-7-4-3-5-8-16/h3-5,7-10,13H,6,11-12,14-15H2,1-2H3,(H,22,26)/p+1. The van der Waals surface area contributed by atoms with Crippen LogP contribution in [0, 0.1) is 0 Å². The molecule has 2 aromatic carbocycles. The number of fused-ring (bicyclic) bond motifs is 1. The number of rotatable bonds is 7. The lowest BCUT2D eigenvalue weighted by atomic mass is 10.1. The molecule has 0 bridgehead atoms. The van der Waals surface area contributed by atoms with Gasteiger partial charge in [-0.05, 0) is 23.8 Å². The molecule has 0 spiro atoms. The summed E-state index contributed by atoms with van der Waals surface area (Å²) in [4.78, 5) is 29.2. The molecule has 1 heterocycles.